The maximum absolute atomic E-state index is 12.8. The van der Waals surface area contributed by atoms with Crippen LogP contribution in [0.3, 0.4) is 0 Å². The predicted octanol–water partition coefficient (Wildman–Crippen LogP) is 3.77. The summed E-state index contributed by atoms with van der Waals surface area (Å²) in [6, 6.07) is 16.7. The number of ether oxygens (including phenoxy) is 1. The summed E-state index contributed by atoms with van der Waals surface area (Å²) in [5.41, 5.74) is 0.975. The third-order valence-electron chi connectivity index (χ3n) is 4.23. The van der Waals surface area contributed by atoms with Crippen molar-refractivity contribution in [1.29, 1.82) is 0 Å². The zero-order valence-electron chi connectivity index (χ0n) is 15.7. The second kappa shape index (κ2) is 10.7. The molecule has 0 unspecified atom stereocenters. The van der Waals surface area contributed by atoms with Crippen molar-refractivity contribution in [1.82, 2.24) is 10.2 Å². The molecule has 0 bridgehead atoms. The number of carbonyl (C=O) groups excluding carboxylic acids is 2. The van der Waals surface area contributed by atoms with E-state index in [9.17, 15) is 9.59 Å². The molecule has 1 N–H and O–H groups in total. The number of nitrogens with one attached hydrogen (secondary N) is 1. The minimum atomic E-state index is -0.541. The first-order valence-corrected chi connectivity index (χ1v) is 9.74. The van der Waals surface area contributed by atoms with Crippen molar-refractivity contribution in [2.24, 2.45) is 0 Å². The van der Waals surface area contributed by atoms with Gasteiger partial charge >= 0.3 is 0 Å². The van der Waals surface area contributed by atoms with Gasteiger partial charge in [0, 0.05) is 24.5 Å². The minimum Gasteiger partial charge on any atom is -0.494 e. The Morgan fingerprint density at radius 2 is 1.78 bits per heavy atom. The molecule has 0 aliphatic carbocycles. The number of halogens is 1. The van der Waals surface area contributed by atoms with E-state index in [-0.39, 0.29) is 11.8 Å². The van der Waals surface area contributed by atoms with E-state index in [1.165, 1.54) is 0 Å². The highest BCUT2D eigenvalue weighted by Crippen LogP contribution is 2.16. The van der Waals surface area contributed by atoms with Crippen LogP contribution in [0, 0.1) is 0 Å². The highest BCUT2D eigenvalue weighted by Gasteiger charge is 2.25. The van der Waals surface area contributed by atoms with Gasteiger partial charge < -0.3 is 15.0 Å². The van der Waals surface area contributed by atoms with E-state index in [0.29, 0.717) is 26.0 Å². The van der Waals surface area contributed by atoms with Crippen LogP contribution in [0.1, 0.15) is 25.3 Å². The van der Waals surface area contributed by atoms with E-state index in [2.05, 4.69) is 21.2 Å². The first kappa shape index (κ1) is 21.0. The number of para-hydroxylation sites is 1. The largest absolute Gasteiger partial charge is 0.494 e. The third kappa shape index (κ3) is 6.71. The molecule has 1 atom stereocenters. The molecule has 2 aromatic carbocycles. The fourth-order valence-electron chi connectivity index (χ4n) is 2.65. The van der Waals surface area contributed by atoms with Crippen molar-refractivity contribution in [2.75, 3.05) is 13.7 Å². The van der Waals surface area contributed by atoms with E-state index in [1.54, 1.807) is 18.9 Å². The van der Waals surface area contributed by atoms with Gasteiger partial charge in [-0.3, -0.25) is 9.59 Å². The average molecular weight is 433 g/mol. The van der Waals surface area contributed by atoms with E-state index in [4.69, 9.17) is 4.74 Å². The van der Waals surface area contributed by atoms with E-state index >= 15 is 0 Å². The van der Waals surface area contributed by atoms with Crippen LogP contribution < -0.4 is 10.1 Å². The van der Waals surface area contributed by atoms with Gasteiger partial charge in [0.15, 0.2) is 0 Å². The van der Waals surface area contributed by atoms with Crippen LogP contribution in [-0.2, 0) is 16.1 Å². The molecule has 0 aliphatic rings. The predicted molar refractivity (Wildman–Crippen MR) is 109 cm³/mol. The number of amides is 2. The molecule has 0 radical (unpaired) electrons. The van der Waals surface area contributed by atoms with Crippen molar-refractivity contribution in [3.8, 4) is 5.75 Å². The standard InChI is InChI=1S/C21H25BrN2O3/c1-16(21(26)23-2)24(15-17-10-12-18(22)13-11-17)20(25)9-6-14-27-19-7-4-3-5-8-19/h3-5,7-8,10-13,16H,6,9,14-15H2,1-2H3,(H,23,26)/t16-/m0/s1. The van der Waals surface area contributed by atoms with Crippen LogP contribution in [-0.4, -0.2) is 36.4 Å². The van der Waals surface area contributed by atoms with Gasteiger partial charge in [0.05, 0.1) is 6.61 Å². The Kier molecular flexibility index (Phi) is 8.33. The summed E-state index contributed by atoms with van der Waals surface area (Å²) in [7, 11) is 1.58. The maximum Gasteiger partial charge on any atom is 0.242 e. The molecule has 0 saturated carbocycles. The molecular weight excluding hydrogens is 408 g/mol. The number of rotatable bonds is 9. The van der Waals surface area contributed by atoms with E-state index < -0.39 is 6.04 Å². The Bertz CT molecular complexity index is 735. The Hall–Kier alpha value is -2.34. The number of hydrogen-bond donors (Lipinski definition) is 1. The minimum absolute atomic E-state index is 0.0642. The normalized spacial score (nSPS) is 11.5. The van der Waals surface area contributed by atoms with E-state index in [0.717, 1.165) is 15.8 Å². The van der Waals surface area contributed by atoms with E-state index in [1.807, 2.05) is 54.6 Å². The van der Waals surface area contributed by atoms with Gasteiger partial charge in [-0.05, 0) is 43.2 Å². The summed E-state index contributed by atoms with van der Waals surface area (Å²) in [5.74, 6) is 0.544. The van der Waals surface area contributed by atoms with Crippen LogP contribution in [0.5, 0.6) is 5.75 Å². The molecule has 2 rings (SSSR count). The van der Waals surface area contributed by atoms with Gasteiger partial charge in [-0.25, -0.2) is 0 Å². The second-order valence-corrected chi connectivity index (χ2v) is 7.12. The fraction of sp³-hybridized carbons (Fsp3) is 0.333. The lowest BCUT2D eigenvalue weighted by Gasteiger charge is -2.28. The average Bonchev–Trinajstić information content (AvgIpc) is 2.70. The maximum atomic E-state index is 12.8. The molecule has 144 valence electrons. The second-order valence-electron chi connectivity index (χ2n) is 6.20. The summed E-state index contributed by atoms with van der Waals surface area (Å²) < 4.78 is 6.62. The van der Waals surface area contributed by atoms with Crippen molar-refractivity contribution >= 4 is 27.7 Å². The first-order valence-electron chi connectivity index (χ1n) is 8.94. The Morgan fingerprint density at radius 1 is 1.11 bits per heavy atom. The molecule has 0 aromatic heterocycles. The first-order chi connectivity index (χ1) is 13.0. The molecular formula is C21H25BrN2O3. The van der Waals surface area contributed by atoms with Crippen LogP contribution in [0.4, 0.5) is 0 Å². The van der Waals surface area contributed by atoms with Gasteiger partial charge in [0.1, 0.15) is 11.8 Å². The van der Waals surface area contributed by atoms with Gasteiger partial charge in [0.25, 0.3) is 0 Å². The Labute approximate surface area is 168 Å². The number of likely N-dealkylation sites (N-methyl/N-ethyl adjacent to an activating group) is 1. The van der Waals surface area contributed by atoms with Gasteiger partial charge in [-0.2, -0.15) is 0 Å². The molecule has 6 heteroatoms. The monoisotopic (exact) mass is 432 g/mol. The zero-order valence-corrected chi connectivity index (χ0v) is 17.2. The number of benzene rings is 2. The summed E-state index contributed by atoms with van der Waals surface area (Å²) in [4.78, 5) is 26.5. The Balaban J connectivity index is 1.95. The molecule has 0 saturated heterocycles. The van der Waals surface area contributed by atoms with Gasteiger partial charge in [0.2, 0.25) is 11.8 Å². The van der Waals surface area contributed by atoms with Crippen LogP contribution >= 0.6 is 15.9 Å². The number of carbonyl (C=O) groups is 2. The summed E-state index contributed by atoms with van der Waals surface area (Å²) in [6.07, 6.45) is 0.912. The molecule has 2 amide bonds. The van der Waals surface area contributed by atoms with Crippen LogP contribution in [0.2, 0.25) is 0 Å². The quantitative estimate of drug-likeness (QED) is 0.613. The third-order valence-corrected chi connectivity index (χ3v) is 4.76. The zero-order chi connectivity index (χ0) is 19.6. The van der Waals surface area contributed by atoms with Crippen molar-refractivity contribution < 1.29 is 14.3 Å². The molecule has 0 spiro atoms. The highest BCUT2D eigenvalue weighted by atomic mass is 79.9. The lowest BCUT2D eigenvalue weighted by molar-refractivity contribution is -0.140. The summed E-state index contributed by atoms with van der Waals surface area (Å²) in [5, 5.41) is 2.62. The topological polar surface area (TPSA) is 58.6 Å². The lowest BCUT2D eigenvalue weighted by atomic mass is 10.1. The molecule has 0 heterocycles. The van der Waals surface area contributed by atoms with Crippen LogP contribution in [0.25, 0.3) is 0 Å². The van der Waals surface area contributed by atoms with Gasteiger partial charge in [-0.15, -0.1) is 0 Å². The Morgan fingerprint density at radius 3 is 2.41 bits per heavy atom. The number of hydrogen-bond acceptors (Lipinski definition) is 3. The number of nitrogens with zero attached hydrogens (tertiary/aromatic N) is 1. The molecule has 5 nitrogen and oxygen atoms in total. The molecule has 27 heavy (non-hydrogen) atoms. The molecule has 2 aromatic rings. The smallest absolute Gasteiger partial charge is 0.242 e. The van der Waals surface area contributed by atoms with Crippen LogP contribution in [0.15, 0.2) is 59.1 Å². The van der Waals surface area contributed by atoms with Gasteiger partial charge in [-0.1, -0.05) is 46.3 Å². The SMILES string of the molecule is CNC(=O)[C@H](C)N(Cc1ccc(Br)cc1)C(=O)CCCOc1ccccc1. The fourth-order valence-corrected chi connectivity index (χ4v) is 2.92. The molecule has 0 aliphatic heterocycles. The summed E-state index contributed by atoms with van der Waals surface area (Å²) >= 11 is 3.41. The summed E-state index contributed by atoms with van der Waals surface area (Å²) in [6.45, 7) is 2.59. The van der Waals surface area contributed by atoms with Crippen molar-refractivity contribution in [3.05, 3.63) is 64.6 Å². The van der Waals surface area contributed by atoms with Crippen molar-refractivity contribution in [2.45, 2.75) is 32.4 Å². The van der Waals surface area contributed by atoms with Crippen molar-refractivity contribution in [3.63, 3.8) is 0 Å². The highest BCUT2D eigenvalue weighted by molar-refractivity contribution is 9.10. The molecule has 0 fully saturated rings. The lowest BCUT2D eigenvalue weighted by Crippen LogP contribution is -2.46.